The molecular formula is C20H25N3O3. The maximum absolute atomic E-state index is 12.0. The minimum Gasteiger partial charge on any atom is -0.480 e. The van der Waals surface area contributed by atoms with Crippen molar-refractivity contribution >= 4 is 17.7 Å². The van der Waals surface area contributed by atoms with Gasteiger partial charge in [0.15, 0.2) is 0 Å². The number of anilines is 1. The van der Waals surface area contributed by atoms with Crippen LogP contribution >= 0.6 is 0 Å². The van der Waals surface area contributed by atoms with E-state index in [1.165, 1.54) is 5.56 Å². The first-order chi connectivity index (χ1) is 12.6. The molecule has 0 aliphatic carbocycles. The number of carboxylic acid groups (broad SMARTS) is 1. The van der Waals surface area contributed by atoms with Gasteiger partial charge in [0.05, 0.1) is 0 Å². The maximum atomic E-state index is 12.0. The van der Waals surface area contributed by atoms with Crippen LogP contribution in [0.1, 0.15) is 30.4 Å². The third-order valence-corrected chi connectivity index (χ3v) is 4.01. The van der Waals surface area contributed by atoms with Gasteiger partial charge < -0.3 is 21.5 Å². The van der Waals surface area contributed by atoms with Crippen LogP contribution in [0, 0.1) is 0 Å². The molecule has 0 spiro atoms. The molecule has 26 heavy (non-hydrogen) atoms. The quantitative estimate of drug-likeness (QED) is 0.519. The van der Waals surface area contributed by atoms with Gasteiger partial charge in [0.25, 0.3) is 0 Å². The molecule has 2 rings (SSSR count). The van der Waals surface area contributed by atoms with E-state index >= 15 is 0 Å². The number of aliphatic carboxylic acids is 1. The molecule has 6 heteroatoms. The highest BCUT2D eigenvalue weighted by molar-refractivity contribution is 5.92. The summed E-state index contributed by atoms with van der Waals surface area (Å²) in [5.74, 6) is -1.05. The number of unbranched alkanes of at least 4 members (excludes halogenated alkanes) is 1. The zero-order chi connectivity index (χ0) is 18.8. The van der Waals surface area contributed by atoms with Crippen LogP contribution in [0.25, 0.3) is 0 Å². The number of nitrogens with two attached hydrogens (primary N) is 1. The topological polar surface area (TPSA) is 104 Å². The van der Waals surface area contributed by atoms with Gasteiger partial charge in [-0.1, -0.05) is 42.5 Å². The third-order valence-electron chi connectivity index (χ3n) is 4.01. The minimum atomic E-state index is -1.05. The van der Waals surface area contributed by atoms with Gasteiger partial charge in [-0.25, -0.2) is 9.59 Å². The van der Waals surface area contributed by atoms with E-state index in [-0.39, 0.29) is 0 Å². The summed E-state index contributed by atoms with van der Waals surface area (Å²) in [5, 5.41) is 14.3. The molecule has 0 aliphatic heterocycles. The molecule has 0 aromatic heterocycles. The lowest BCUT2D eigenvalue weighted by Crippen LogP contribution is -2.43. The van der Waals surface area contributed by atoms with Gasteiger partial charge in [0.2, 0.25) is 0 Å². The summed E-state index contributed by atoms with van der Waals surface area (Å²) < 4.78 is 0. The second-order valence-corrected chi connectivity index (χ2v) is 6.13. The average molecular weight is 355 g/mol. The van der Waals surface area contributed by atoms with E-state index in [1.54, 1.807) is 0 Å². The van der Waals surface area contributed by atoms with Crippen molar-refractivity contribution < 1.29 is 14.7 Å². The Labute approximate surface area is 153 Å². The second kappa shape index (κ2) is 10.2. The van der Waals surface area contributed by atoms with Gasteiger partial charge in [-0.2, -0.15) is 0 Å². The number of carboxylic acids is 1. The number of amides is 2. The van der Waals surface area contributed by atoms with Gasteiger partial charge in [-0.3, -0.25) is 0 Å². The molecule has 2 aromatic carbocycles. The summed E-state index contributed by atoms with van der Waals surface area (Å²) in [6.07, 6.45) is 2.56. The minimum absolute atomic E-state index is 0.357. The molecule has 0 radical (unpaired) electrons. The maximum Gasteiger partial charge on any atom is 0.326 e. The van der Waals surface area contributed by atoms with Crippen LogP contribution in [0.15, 0.2) is 54.6 Å². The predicted octanol–water partition coefficient (Wildman–Crippen LogP) is 2.98. The molecule has 0 saturated heterocycles. The highest BCUT2D eigenvalue weighted by Crippen LogP contribution is 2.13. The Morgan fingerprint density at radius 2 is 1.62 bits per heavy atom. The van der Waals surface area contributed by atoms with Crippen molar-refractivity contribution in [2.75, 3.05) is 11.9 Å². The first-order valence-corrected chi connectivity index (χ1v) is 8.71. The molecule has 0 aliphatic rings. The van der Waals surface area contributed by atoms with Crippen molar-refractivity contribution in [3.8, 4) is 0 Å². The van der Waals surface area contributed by atoms with Gasteiger partial charge in [0.1, 0.15) is 6.04 Å². The van der Waals surface area contributed by atoms with Crippen LogP contribution in [0.3, 0.4) is 0 Å². The van der Waals surface area contributed by atoms with Crippen molar-refractivity contribution in [2.24, 2.45) is 5.73 Å². The van der Waals surface area contributed by atoms with E-state index in [1.807, 2.05) is 42.5 Å². The Morgan fingerprint density at radius 1 is 0.962 bits per heavy atom. The lowest BCUT2D eigenvalue weighted by molar-refractivity contribution is -0.139. The summed E-state index contributed by atoms with van der Waals surface area (Å²) in [4.78, 5) is 23.3. The van der Waals surface area contributed by atoms with Gasteiger partial charge in [-0.05, 0) is 55.5 Å². The Bertz CT molecular complexity index is 702. The largest absolute Gasteiger partial charge is 0.480 e. The van der Waals surface area contributed by atoms with E-state index in [4.69, 9.17) is 5.73 Å². The van der Waals surface area contributed by atoms with E-state index in [9.17, 15) is 14.7 Å². The molecule has 0 fully saturated rings. The molecule has 5 N–H and O–H groups in total. The number of carbonyl (C=O) groups excluding carboxylic acids is 1. The zero-order valence-electron chi connectivity index (χ0n) is 14.7. The van der Waals surface area contributed by atoms with E-state index in [0.717, 1.165) is 18.4 Å². The van der Waals surface area contributed by atoms with E-state index in [2.05, 4.69) is 22.8 Å². The number of nitrogens with one attached hydrogen (secondary N) is 2. The molecule has 1 atom stereocenters. The monoisotopic (exact) mass is 355 g/mol. The SMILES string of the molecule is NCCCCC(NC(=O)Nc1ccc(Cc2ccccc2)cc1)C(=O)O. The van der Waals surface area contributed by atoms with Gasteiger partial charge in [-0.15, -0.1) is 0 Å². The molecule has 0 saturated carbocycles. The van der Waals surface area contributed by atoms with Crippen molar-refractivity contribution in [3.05, 3.63) is 65.7 Å². The smallest absolute Gasteiger partial charge is 0.326 e. The summed E-state index contributed by atoms with van der Waals surface area (Å²) in [6, 6.07) is 16.2. The second-order valence-electron chi connectivity index (χ2n) is 6.13. The van der Waals surface area contributed by atoms with Crippen LogP contribution in [-0.2, 0) is 11.2 Å². The highest BCUT2D eigenvalue weighted by Gasteiger charge is 2.19. The van der Waals surface area contributed by atoms with Crippen molar-refractivity contribution in [2.45, 2.75) is 31.7 Å². The van der Waals surface area contributed by atoms with Gasteiger partial charge >= 0.3 is 12.0 Å². The summed E-state index contributed by atoms with van der Waals surface area (Å²) in [5.41, 5.74) is 8.37. The molecule has 0 bridgehead atoms. The van der Waals surface area contributed by atoms with Crippen LogP contribution < -0.4 is 16.4 Å². The summed E-state index contributed by atoms with van der Waals surface area (Å²) >= 11 is 0. The fraction of sp³-hybridized carbons (Fsp3) is 0.300. The molecule has 1 unspecified atom stereocenters. The molecule has 138 valence electrons. The molecular weight excluding hydrogens is 330 g/mol. The highest BCUT2D eigenvalue weighted by atomic mass is 16.4. The third kappa shape index (κ3) is 6.57. The van der Waals surface area contributed by atoms with Crippen molar-refractivity contribution in [3.63, 3.8) is 0 Å². The van der Waals surface area contributed by atoms with Crippen LogP contribution in [0.2, 0.25) is 0 Å². The Kier molecular flexibility index (Phi) is 7.64. The predicted molar refractivity (Wildman–Crippen MR) is 102 cm³/mol. The van der Waals surface area contributed by atoms with Crippen molar-refractivity contribution in [1.29, 1.82) is 0 Å². The summed E-state index contributed by atoms with van der Waals surface area (Å²) in [6.45, 7) is 0.508. The van der Waals surface area contributed by atoms with Crippen LogP contribution in [-0.4, -0.2) is 29.7 Å². The number of urea groups is 1. The fourth-order valence-corrected chi connectivity index (χ4v) is 2.61. The fourth-order valence-electron chi connectivity index (χ4n) is 2.61. The molecule has 6 nitrogen and oxygen atoms in total. The van der Waals surface area contributed by atoms with Gasteiger partial charge in [0, 0.05) is 5.69 Å². The number of benzene rings is 2. The zero-order valence-corrected chi connectivity index (χ0v) is 14.7. The molecule has 2 amide bonds. The Balaban J connectivity index is 1.87. The van der Waals surface area contributed by atoms with Crippen LogP contribution in [0.5, 0.6) is 0 Å². The van der Waals surface area contributed by atoms with E-state index < -0.39 is 18.0 Å². The molecule has 2 aromatic rings. The average Bonchev–Trinajstić information content (AvgIpc) is 2.63. The number of carbonyl (C=O) groups is 2. The first kappa shape index (κ1) is 19.5. The van der Waals surface area contributed by atoms with Crippen LogP contribution in [0.4, 0.5) is 10.5 Å². The number of hydrogen-bond donors (Lipinski definition) is 4. The number of hydrogen-bond acceptors (Lipinski definition) is 3. The Hall–Kier alpha value is -2.86. The Morgan fingerprint density at radius 3 is 2.23 bits per heavy atom. The normalized spacial score (nSPS) is 11.6. The first-order valence-electron chi connectivity index (χ1n) is 8.71. The number of rotatable bonds is 9. The van der Waals surface area contributed by atoms with E-state index in [0.29, 0.717) is 25.1 Å². The molecule has 0 heterocycles. The summed E-state index contributed by atoms with van der Waals surface area (Å²) in [7, 11) is 0. The lowest BCUT2D eigenvalue weighted by atomic mass is 10.0. The lowest BCUT2D eigenvalue weighted by Gasteiger charge is -2.15. The van der Waals surface area contributed by atoms with Crippen molar-refractivity contribution in [1.82, 2.24) is 5.32 Å². The standard InChI is InChI=1S/C20H25N3O3/c21-13-5-4-8-18(19(24)25)23-20(26)22-17-11-9-16(10-12-17)14-15-6-2-1-3-7-15/h1-3,6-7,9-12,18H,4-5,8,13-14,21H2,(H,24,25)(H2,22,23,26).